The molecular formula is C32H36FNO3. The van der Waals surface area contributed by atoms with Gasteiger partial charge in [-0.2, -0.15) is 0 Å². The van der Waals surface area contributed by atoms with Crippen molar-refractivity contribution in [2.75, 3.05) is 20.3 Å². The van der Waals surface area contributed by atoms with Gasteiger partial charge in [-0.15, -0.1) is 0 Å². The number of aryl methyl sites for hydroxylation is 1. The lowest BCUT2D eigenvalue weighted by Gasteiger charge is -2.25. The number of fused-ring (bicyclic) bond motifs is 1. The van der Waals surface area contributed by atoms with E-state index in [-0.39, 0.29) is 11.6 Å². The number of carbonyl (C=O) groups excluding carboxylic acids is 1. The Labute approximate surface area is 219 Å². The van der Waals surface area contributed by atoms with Crippen LogP contribution in [0.4, 0.5) is 4.39 Å². The molecule has 5 rings (SSSR count). The number of hydrogen-bond donors (Lipinski definition) is 0. The third kappa shape index (κ3) is 5.42. The van der Waals surface area contributed by atoms with E-state index in [2.05, 4.69) is 17.0 Å². The van der Waals surface area contributed by atoms with Crippen molar-refractivity contribution >= 4 is 5.78 Å². The summed E-state index contributed by atoms with van der Waals surface area (Å²) in [6, 6.07) is 19.1. The lowest BCUT2D eigenvalue weighted by Crippen LogP contribution is -2.30. The molecule has 1 unspecified atom stereocenters. The fourth-order valence-corrected chi connectivity index (χ4v) is 6.41. The predicted octanol–water partition coefficient (Wildman–Crippen LogP) is 7.08. The lowest BCUT2D eigenvalue weighted by atomic mass is 9.87. The molecule has 0 bridgehead atoms. The maximum atomic E-state index is 13.5. The summed E-state index contributed by atoms with van der Waals surface area (Å²) in [7, 11) is 1.67. The Kier molecular flexibility index (Phi) is 7.61. The van der Waals surface area contributed by atoms with Gasteiger partial charge >= 0.3 is 0 Å². The molecule has 194 valence electrons. The fourth-order valence-electron chi connectivity index (χ4n) is 6.41. The Balaban J connectivity index is 1.32. The highest BCUT2D eigenvalue weighted by atomic mass is 19.1. The van der Waals surface area contributed by atoms with Crippen LogP contribution in [0.1, 0.15) is 54.1 Å². The average Bonchev–Trinajstić information content (AvgIpc) is 3.48. The van der Waals surface area contributed by atoms with Crippen LogP contribution in [-0.2, 0) is 6.54 Å². The van der Waals surface area contributed by atoms with Gasteiger partial charge < -0.3 is 9.47 Å². The van der Waals surface area contributed by atoms with Crippen molar-refractivity contribution in [3.05, 3.63) is 83.2 Å². The first-order chi connectivity index (χ1) is 18.0. The van der Waals surface area contributed by atoms with Crippen LogP contribution < -0.4 is 9.47 Å². The number of methoxy groups -OCH3 is 1. The predicted molar refractivity (Wildman–Crippen MR) is 145 cm³/mol. The zero-order chi connectivity index (χ0) is 25.9. The van der Waals surface area contributed by atoms with Crippen LogP contribution in [0.5, 0.6) is 11.5 Å². The lowest BCUT2D eigenvalue weighted by molar-refractivity contribution is 0.0949. The molecule has 0 N–H and O–H groups in total. The van der Waals surface area contributed by atoms with Crippen molar-refractivity contribution in [2.24, 2.45) is 11.8 Å². The summed E-state index contributed by atoms with van der Waals surface area (Å²) in [6.07, 6.45) is 4.03. The molecule has 1 saturated heterocycles. The quantitative estimate of drug-likeness (QED) is 0.294. The van der Waals surface area contributed by atoms with Crippen molar-refractivity contribution < 1.29 is 18.7 Å². The van der Waals surface area contributed by atoms with Crippen LogP contribution in [-0.4, -0.2) is 37.0 Å². The van der Waals surface area contributed by atoms with Crippen LogP contribution in [0.15, 0.2) is 60.7 Å². The van der Waals surface area contributed by atoms with Crippen molar-refractivity contribution in [1.82, 2.24) is 4.90 Å². The number of Topliss-reactive ketones (excluding diaryl/α,β-unsaturated/α-hetero) is 1. The van der Waals surface area contributed by atoms with E-state index < -0.39 is 0 Å². The average molecular weight is 502 g/mol. The maximum absolute atomic E-state index is 13.5. The number of ether oxygens (including phenoxy) is 2. The fraction of sp³-hybridized carbons (Fsp3) is 0.406. The van der Waals surface area contributed by atoms with E-state index in [4.69, 9.17) is 9.47 Å². The number of benzene rings is 3. The van der Waals surface area contributed by atoms with E-state index in [0.717, 1.165) is 71.7 Å². The van der Waals surface area contributed by atoms with Crippen molar-refractivity contribution in [2.45, 2.75) is 52.1 Å². The van der Waals surface area contributed by atoms with Crippen molar-refractivity contribution in [3.63, 3.8) is 0 Å². The monoisotopic (exact) mass is 501 g/mol. The minimum atomic E-state index is -0.267. The van der Waals surface area contributed by atoms with Gasteiger partial charge in [-0.25, -0.2) is 4.39 Å². The number of nitrogens with zero attached hydrogens (tertiary/aromatic N) is 1. The standard InChI is InChI=1S/C32H36FNO3/c1-4-37-31-18-22(17-30(36-3)32(31)23-8-11-26(33)12-9-23)20-34-15-14-27-24(10-13-28(27)34)19-29(35)25-7-5-6-21(2)16-25/h5-9,11-12,16-18,24,27-28H,4,10,13-15,19-20H2,1-3H3/t24?,27-,28+/m0/s1. The second kappa shape index (κ2) is 11.1. The number of carbonyl (C=O) groups is 1. The third-order valence-corrected chi connectivity index (χ3v) is 8.10. The third-order valence-electron chi connectivity index (χ3n) is 8.10. The highest BCUT2D eigenvalue weighted by molar-refractivity contribution is 5.96. The summed E-state index contributed by atoms with van der Waals surface area (Å²) < 4.78 is 25.4. The van der Waals surface area contributed by atoms with E-state index in [1.807, 2.05) is 38.1 Å². The summed E-state index contributed by atoms with van der Waals surface area (Å²) in [5, 5.41) is 0. The molecule has 0 aromatic heterocycles. The topological polar surface area (TPSA) is 38.8 Å². The Hall–Kier alpha value is -3.18. The maximum Gasteiger partial charge on any atom is 0.163 e. The van der Waals surface area contributed by atoms with Gasteiger partial charge in [-0.1, -0.05) is 35.9 Å². The summed E-state index contributed by atoms with van der Waals surface area (Å²) >= 11 is 0. The van der Waals surface area contributed by atoms with Gasteiger partial charge in [0.15, 0.2) is 5.78 Å². The number of likely N-dealkylation sites (tertiary alicyclic amines) is 1. The number of ketones is 1. The minimum Gasteiger partial charge on any atom is -0.496 e. The molecule has 3 aromatic carbocycles. The van der Waals surface area contributed by atoms with Crippen molar-refractivity contribution in [3.8, 4) is 22.6 Å². The van der Waals surface area contributed by atoms with E-state index in [1.54, 1.807) is 19.2 Å². The molecule has 4 nitrogen and oxygen atoms in total. The van der Waals surface area contributed by atoms with Crippen LogP contribution in [0.3, 0.4) is 0 Å². The highest BCUT2D eigenvalue weighted by Gasteiger charge is 2.44. The van der Waals surface area contributed by atoms with E-state index >= 15 is 0 Å². The number of hydrogen-bond acceptors (Lipinski definition) is 4. The summed E-state index contributed by atoms with van der Waals surface area (Å²) in [5.74, 6) is 2.52. The van der Waals surface area contributed by atoms with Gasteiger partial charge in [-0.3, -0.25) is 9.69 Å². The zero-order valence-electron chi connectivity index (χ0n) is 22.0. The first-order valence-electron chi connectivity index (χ1n) is 13.4. The van der Waals surface area contributed by atoms with Gasteiger partial charge in [0.2, 0.25) is 0 Å². The molecule has 0 spiro atoms. The molecule has 3 atom stereocenters. The SMILES string of the molecule is CCOc1cc(CN2CC[C@H]3C(CC(=O)c4cccc(C)c4)CC[C@H]32)cc(OC)c1-c1ccc(F)cc1. The van der Waals surface area contributed by atoms with Crippen LogP contribution in [0.25, 0.3) is 11.1 Å². The summed E-state index contributed by atoms with van der Waals surface area (Å²) in [4.78, 5) is 15.6. The van der Waals surface area contributed by atoms with Crippen LogP contribution in [0, 0.1) is 24.6 Å². The van der Waals surface area contributed by atoms with Crippen LogP contribution >= 0.6 is 0 Å². The molecule has 3 aromatic rings. The summed E-state index contributed by atoms with van der Waals surface area (Å²) in [5.41, 5.74) is 4.84. The first-order valence-corrected chi connectivity index (χ1v) is 13.4. The first kappa shape index (κ1) is 25.5. The second-order valence-electron chi connectivity index (χ2n) is 10.4. The number of rotatable bonds is 9. The van der Waals surface area contributed by atoms with Gasteiger partial charge in [-0.05, 0) is 92.9 Å². The Morgan fingerprint density at radius 3 is 2.54 bits per heavy atom. The van der Waals surface area contributed by atoms with Crippen LogP contribution in [0.2, 0.25) is 0 Å². The molecule has 0 radical (unpaired) electrons. The van der Waals surface area contributed by atoms with Gasteiger partial charge in [0.1, 0.15) is 17.3 Å². The normalized spacial score (nSPS) is 21.1. The smallest absolute Gasteiger partial charge is 0.163 e. The molecule has 2 fully saturated rings. The minimum absolute atomic E-state index is 0.267. The van der Waals surface area contributed by atoms with Gasteiger partial charge in [0.25, 0.3) is 0 Å². The Bertz CT molecular complexity index is 1260. The van der Waals surface area contributed by atoms with Gasteiger partial charge in [0.05, 0.1) is 19.3 Å². The molecule has 2 aliphatic rings. The molecule has 37 heavy (non-hydrogen) atoms. The zero-order valence-corrected chi connectivity index (χ0v) is 22.0. The van der Waals surface area contributed by atoms with E-state index in [0.29, 0.717) is 30.9 Å². The largest absolute Gasteiger partial charge is 0.496 e. The molecule has 1 aliphatic heterocycles. The molecular weight excluding hydrogens is 465 g/mol. The molecule has 1 saturated carbocycles. The molecule has 0 amide bonds. The van der Waals surface area contributed by atoms with Crippen molar-refractivity contribution in [1.29, 1.82) is 0 Å². The van der Waals surface area contributed by atoms with E-state index in [9.17, 15) is 9.18 Å². The number of halogens is 1. The molecule has 1 heterocycles. The second-order valence-corrected chi connectivity index (χ2v) is 10.4. The summed E-state index contributed by atoms with van der Waals surface area (Å²) in [6.45, 7) is 6.40. The Morgan fingerprint density at radius 1 is 1.03 bits per heavy atom. The van der Waals surface area contributed by atoms with E-state index in [1.165, 1.54) is 12.1 Å². The van der Waals surface area contributed by atoms with Gasteiger partial charge in [0, 0.05) is 24.6 Å². The highest BCUT2D eigenvalue weighted by Crippen LogP contribution is 2.46. The molecule has 5 heteroatoms. The Morgan fingerprint density at radius 2 is 1.81 bits per heavy atom. The molecule has 1 aliphatic carbocycles.